The fraction of sp³-hybridized carbons (Fsp3) is 0.917. The second-order valence-corrected chi connectivity index (χ2v) is 5.49. The van der Waals surface area contributed by atoms with Crippen LogP contribution in [0, 0.1) is 11.3 Å². The zero-order valence-electron chi connectivity index (χ0n) is 10.4. The van der Waals surface area contributed by atoms with Gasteiger partial charge in [0, 0.05) is 12.6 Å². The molecule has 0 aliphatic carbocycles. The molecule has 0 radical (unpaired) electrons. The first-order chi connectivity index (χ1) is 6.94. The molecule has 3 heteroatoms. The maximum Gasteiger partial charge on any atom is 0.227 e. The van der Waals surface area contributed by atoms with E-state index >= 15 is 0 Å². The summed E-state index contributed by atoms with van der Waals surface area (Å²) in [5, 5.41) is 6.36. The van der Waals surface area contributed by atoms with Gasteiger partial charge in [0.2, 0.25) is 5.91 Å². The third-order valence-corrected chi connectivity index (χ3v) is 3.12. The highest BCUT2D eigenvalue weighted by Crippen LogP contribution is 2.24. The molecule has 0 saturated carbocycles. The largest absolute Gasteiger partial charge is 0.353 e. The summed E-state index contributed by atoms with van der Waals surface area (Å²) in [6.07, 6.45) is 2.00. The van der Waals surface area contributed by atoms with Crippen molar-refractivity contribution < 1.29 is 4.79 Å². The van der Waals surface area contributed by atoms with Gasteiger partial charge in [-0.3, -0.25) is 4.79 Å². The van der Waals surface area contributed by atoms with Crippen LogP contribution in [0.2, 0.25) is 0 Å². The molecule has 15 heavy (non-hydrogen) atoms. The first-order valence-electron chi connectivity index (χ1n) is 5.96. The van der Waals surface area contributed by atoms with Gasteiger partial charge in [0.1, 0.15) is 0 Å². The number of carbonyl (C=O) groups excluding carboxylic acids is 1. The van der Waals surface area contributed by atoms with Gasteiger partial charge in [-0.1, -0.05) is 13.8 Å². The third-order valence-electron chi connectivity index (χ3n) is 3.12. The van der Waals surface area contributed by atoms with E-state index in [0.29, 0.717) is 5.92 Å². The Morgan fingerprint density at radius 1 is 1.47 bits per heavy atom. The lowest BCUT2D eigenvalue weighted by Crippen LogP contribution is -2.44. The molecule has 2 unspecified atom stereocenters. The summed E-state index contributed by atoms with van der Waals surface area (Å²) in [6, 6.07) is 0.287. The highest BCUT2D eigenvalue weighted by Gasteiger charge is 2.36. The number of hydrogen-bond acceptors (Lipinski definition) is 2. The van der Waals surface area contributed by atoms with E-state index < -0.39 is 0 Å². The molecular formula is C12H24N2O. The lowest BCUT2D eigenvalue weighted by atomic mass is 9.88. The molecule has 1 saturated heterocycles. The summed E-state index contributed by atoms with van der Waals surface area (Å²) in [6.45, 7) is 10.3. The maximum absolute atomic E-state index is 12.0. The zero-order valence-corrected chi connectivity index (χ0v) is 10.4. The minimum absolute atomic E-state index is 0.189. The van der Waals surface area contributed by atoms with Gasteiger partial charge in [0.05, 0.1) is 5.41 Å². The van der Waals surface area contributed by atoms with Gasteiger partial charge in [0.15, 0.2) is 0 Å². The van der Waals surface area contributed by atoms with Crippen molar-refractivity contribution in [3.63, 3.8) is 0 Å². The normalized spacial score (nSPS) is 28.1. The molecule has 1 fully saturated rings. The summed E-state index contributed by atoms with van der Waals surface area (Å²) in [5.41, 5.74) is -0.189. The van der Waals surface area contributed by atoms with E-state index in [9.17, 15) is 4.79 Å². The Morgan fingerprint density at radius 2 is 2.13 bits per heavy atom. The van der Waals surface area contributed by atoms with Crippen molar-refractivity contribution in [3.05, 3.63) is 0 Å². The summed E-state index contributed by atoms with van der Waals surface area (Å²) < 4.78 is 0. The predicted molar refractivity (Wildman–Crippen MR) is 62.7 cm³/mol. The van der Waals surface area contributed by atoms with Crippen molar-refractivity contribution in [2.24, 2.45) is 11.3 Å². The van der Waals surface area contributed by atoms with Crippen LogP contribution < -0.4 is 10.6 Å². The molecule has 2 atom stereocenters. The van der Waals surface area contributed by atoms with Gasteiger partial charge in [-0.25, -0.2) is 0 Å². The Balaban J connectivity index is 2.40. The Labute approximate surface area is 93.0 Å². The van der Waals surface area contributed by atoms with Crippen LogP contribution in [-0.2, 0) is 4.79 Å². The minimum atomic E-state index is -0.189. The van der Waals surface area contributed by atoms with Crippen molar-refractivity contribution in [2.45, 2.75) is 46.6 Å². The first kappa shape index (κ1) is 12.5. The number of hydrogen-bond donors (Lipinski definition) is 2. The summed E-state index contributed by atoms with van der Waals surface area (Å²) in [4.78, 5) is 12.0. The molecule has 0 aromatic carbocycles. The van der Waals surface area contributed by atoms with Crippen molar-refractivity contribution in [2.75, 3.05) is 13.1 Å². The van der Waals surface area contributed by atoms with Crippen LogP contribution in [0.15, 0.2) is 0 Å². The molecule has 1 heterocycles. The molecule has 0 bridgehead atoms. The first-order valence-corrected chi connectivity index (χ1v) is 5.96. The SMILES string of the molecule is CC(C)CC(C)NC(=O)C1(C)CCNC1. The molecule has 0 aromatic rings. The average molecular weight is 212 g/mol. The van der Waals surface area contributed by atoms with E-state index in [-0.39, 0.29) is 17.4 Å². The second-order valence-electron chi connectivity index (χ2n) is 5.49. The molecule has 1 rings (SSSR count). The Hall–Kier alpha value is -0.570. The van der Waals surface area contributed by atoms with Gasteiger partial charge < -0.3 is 10.6 Å². The van der Waals surface area contributed by atoms with E-state index in [2.05, 4.69) is 31.4 Å². The van der Waals surface area contributed by atoms with Crippen molar-refractivity contribution in [1.82, 2.24) is 10.6 Å². The minimum Gasteiger partial charge on any atom is -0.353 e. The van der Waals surface area contributed by atoms with Crippen molar-refractivity contribution in [1.29, 1.82) is 0 Å². The molecular weight excluding hydrogens is 188 g/mol. The van der Waals surface area contributed by atoms with Gasteiger partial charge in [-0.15, -0.1) is 0 Å². The van der Waals surface area contributed by atoms with Crippen LogP contribution in [-0.4, -0.2) is 25.0 Å². The van der Waals surface area contributed by atoms with E-state index in [1.165, 1.54) is 0 Å². The monoisotopic (exact) mass is 212 g/mol. The standard InChI is InChI=1S/C12H24N2O/c1-9(2)7-10(3)14-11(15)12(4)5-6-13-8-12/h9-10,13H,5-8H2,1-4H3,(H,14,15). The predicted octanol–water partition coefficient (Wildman–Crippen LogP) is 1.54. The number of amides is 1. The molecule has 2 N–H and O–H groups in total. The number of nitrogens with one attached hydrogen (secondary N) is 2. The van der Waals surface area contributed by atoms with Crippen LogP contribution in [0.5, 0.6) is 0 Å². The lowest BCUT2D eigenvalue weighted by molar-refractivity contribution is -0.129. The Morgan fingerprint density at radius 3 is 2.60 bits per heavy atom. The van der Waals surface area contributed by atoms with Gasteiger partial charge in [-0.05, 0) is 39.2 Å². The van der Waals surface area contributed by atoms with Gasteiger partial charge >= 0.3 is 0 Å². The summed E-state index contributed by atoms with van der Waals surface area (Å²) in [7, 11) is 0. The molecule has 1 aliphatic rings. The Kier molecular flexibility index (Phi) is 4.14. The molecule has 1 aliphatic heterocycles. The summed E-state index contributed by atoms with van der Waals surface area (Å²) in [5.74, 6) is 0.843. The van der Waals surface area contributed by atoms with Gasteiger partial charge in [-0.2, -0.15) is 0 Å². The van der Waals surface area contributed by atoms with Crippen LogP contribution in [0.4, 0.5) is 0 Å². The average Bonchev–Trinajstić information content (AvgIpc) is 2.51. The molecule has 1 amide bonds. The second kappa shape index (κ2) is 4.97. The highest BCUT2D eigenvalue weighted by atomic mass is 16.2. The van der Waals surface area contributed by atoms with Crippen LogP contribution in [0.3, 0.4) is 0 Å². The van der Waals surface area contributed by atoms with E-state index in [1.807, 2.05) is 6.92 Å². The van der Waals surface area contributed by atoms with Crippen molar-refractivity contribution >= 4 is 5.91 Å². The fourth-order valence-corrected chi connectivity index (χ4v) is 2.17. The van der Waals surface area contributed by atoms with Crippen LogP contribution in [0.25, 0.3) is 0 Å². The highest BCUT2D eigenvalue weighted by molar-refractivity contribution is 5.83. The quantitative estimate of drug-likeness (QED) is 0.742. The zero-order chi connectivity index (χ0) is 11.5. The van der Waals surface area contributed by atoms with E-state index in [0.717, 1.165) is 25.9 Å². The number of rotatable bonds is 4. The van der Waals surface area contributed by atoms with Crippen molar-refractivity contribution in [3.8, 4) is 0 Å². The van der Waals surface area contributed by atoms with E-state index in [1.54, 1.807) is 0 Å². The molecule has 3 nitrogen and oxygen atoms in total. The topological polar surface area (TPSA) is 41.1 Å². The van der Waals surface area contributed by atoms with Crippen LogP contribution in [0.1, 0.15) is 40.5 Å². The third kappa shape index (κ3) is 3.49. The molecule has 0 spiro atoms. The molecule has 88 valence electrons. The maximum atomic E-state index is 12.0. The fourth-order valence-electron chi connectivity index (χ4n) is 2.17. The van der Waals surface area contributed by atoms with E-state index in [4.69, 9.17) is 0 Å². The lowest BCUT2D eigenvalue weighted by Gasteiger charge is -2.25. The summed E-state index contributed by atoms with van der Waals surface area (Å²) >= 11 is 0. The smallest absolute Gasteiger partial charge is 0.227 e. The molecule has 0 aromatic heterocycles. The number of carbonyl (C=O) groups is 1. The Bertz CT molecular complexity index is 220. The van der Waals surface area contributed by atoms with Gasteiger partial charge in [0.25, 0.3) is 0 Å². The van der Waals surface area contributed by atoms with Crippen LogP contribution >= 0.6 is 0 Å².